The summed E-state index contributed by atoms with van der Waals surface area (Å²) in [5.74, 6) is 1.54. The van der Waals surface area contributed by atoms with Crippen molar-refractivity contribution in [3.05, 3.63) is 24.0 Å². The van der Waals surface area contributed by atoms with Gasteiger partial charge in [0.25, 0.3) is 0 Å². The number of benzene rings is 1. The van der Waals surface area contributed by atoms with Crippen molar-refractivity contribution in [2.75, 3.05) is 5.73 Å². The van der Waals surface area contributed by atoms with Gasteiger partial charge in [0.1, 0.15) is 5.82 Å². The van der Waals surface area contributed by atoms with Crippen LogP contribution in [-0.2, 0) is 7.05 Å². The minimum atomic E-state index is 0. The van der Waals surface area contributed by atoms with Gasteiger partial charge in [0.05, 0.1) is 11.0 Å². The molecule has 0 unspecified atom stereocenters. The molecule has 5 heteroatoms. The van der Waals surface area contributed by atoms with Crippen molar-refractivity contribution in [1.29, 1.82) is 0 Å². The van der Waals surface area contributed by atoms with Crippen LogP contribution >= 0.6 is 0 Å². The maximum Gasteiger partial charge on any atom is 0.112 e. The van der Waals surface area contributed by atoms with Crippen LogP contribution in [0.4, 0.5) is 5.69 Å². The lowest BCUT2D eigenvalue weighted by molar-refractivity contribution is -0.00100. The summed E-state index contributed by atoms with van der Waals surface area (Å²) in [7, 11) is 2.04. The minimum absolute atomic E-state index is 0. The van der Waals surface area contributed by atoms with Gasteiger partial charge in [-0.05, 0) is 18.2 Å². The van der Waals surface area contributed by atoms with E-state index in [0.717, 1.165) is 22.5 Å². The molecule has 3 nitrogen and oxygen atoms in total. The summed E-state index contributed by atoms with van der Waals surface area (Å²) in [5, 5.41) is 0. The molecule has 0 spiro atoms. The summed E-state index contributed by atoms with van der Waals surface area (Å²) in [5.41, 5.74) is 8.60. The van der Waals surface area contributed by atoms with Gasteiger partial charge in [0.15, 0.2) is 0 Å². The molecule has 16 heavy (non-hydrogen) atoms. The zero-order chi connectivity index (χ0) is 10.3. The normalized spacial score (nSPS) is 10.0. The van der Waals surface area contributed by atoms with Crippen LogP contribution in [0.25, 0.3) is 11.0 Å². The van der Waals surface area contributed by atoms with Crippen LogP contribution in [0.15, 0.2) is 18.2 Å². The number of aromatic nitrogens is 2. The van der Waals surface area contributed by atoms with Gasteiger partial charge in [0.2, 0.25) is 0 Å². The number of nitrogens with two attached hydrogens (primary N) is 1. The summed E-state index contributed by atoms with van der Waals surface area (Å²) in [6.45, 7) is 4.29. The van der Waals surface area contributed by atoms with Crippen molar-refractivity contribution in [1.82, 2.24) is 9.55 Å². The van der Waals surface area contributed by atoms with Gasteiger partial charge in [-0.25, -0.2) is 4.98 Å². The van der Waals surface area contributed by atoms with E-state index in [1.165, 1.54) is 0 Å². The van der Waals surface area contributed by atoms with Crippen molar-refractivity contribution in [3.8, 4) is 0 Å². The molecule has 2 aromatic rings. The molecule has 0 aliphatic heterocycles. The second kappa shape index (κ2) is 5.41. The molecule has 0 aliphatic carbocycles. The molecule has 0 fully saturated rings. The van der Waals surface area contributed by atoms with Crippen LogP contribution in [0.5, 0.6) is 0 Å². The number of rotatable bonds is 1. The van der Waals surface area contributed by atoms with E-state index >= 15 is 0 Å². The molecule has 0 saturated carbocycles. The molecule has 90 valence electrons. The number of imidazole rings is 1. The van der Waals surface area contributed by atoms with Gasteiger partial charge in [0, 0.05) is 18.7 Å². The summed E-state index contributed by atoms with van der Waals surface area (Å²) < 4.78 is 2.12. The van der Waals surface area contributed by atoms with Gasteiger partial charge >= 0.3 is 0 Å². The van der Waals surface area contributed by atoms with Crippen molar-refractivity contribution < 1.29 is 24.8 Å². The van der Waals surface area contributed by atoms with Gasteiger partial charge in [-0.2, -0.15) is 0 Å². The van der Waals surface area contributed by atoms with Crippen molar-refractivity contribution in [3.63, 3.8) is 0 Å². The number of hydrogen-bond donors (Lipinski definition) is 1. The molecule has 0 atom stereocenters. The largest absolute Gasteiger partial charge is 1.00 e. The molecular weight excluding hydrogens is 245 g/mol. The van der Waals surface area contributed by atoms with Crippen molar-refractivity contribution >= 4 is 16.7 Å². The first-order chi connectivity index (χ1) is 6.59. The van der Waals surface area contributed by atoms with E-state index in [0.29, 0.717) is 5.92 Å². The highest BCUT2D eigenvalue weighted by Gasteiger charge is 2.10. The Labute approximate surface area is 108 Å². The number of aryl methyl sites for hydroxylation is 1. The molecular formula is C11H15Cl2N3-2. The topological polar surface area (TPSA) is 43.8 Å². The summed E-state index contributed by atoms with van der Waals surface area (Å²) >= 11 is 0. The molecule has 0 radical (unpaired) electrons. The smallest absolute Gasteiger partial charge is 0.112 e. The quantitative estimate of drug-likeness (QED) is 0.536. The monoisotopic (exact) mass is 259 g/mol. The number of fused-ring (bicyclic) bond motifs is 1. The molecule has 0 amide bonds. The molecule has 0 bridgehead atoms. The standard InChI is InChI=1S/C11H15N3.2ClH/c1-7(2)11-13-9-6-8(12)4-5-10(9)14(11)3;;/h4-7H,12H2,1-3H3;2*1H/p-2. The number of anilines is 1. The lowest BCUT2D eigenvalue weighted by Crippen LogP contribution is -3.00. The van der Waals surface area contributed by atoms with E-state index in [1.807, 2.05) is 25.2 Å². The zero-order valence-corrected chi connectivity index (χ0v) is 11.0. The van der Waals surface area contributed by atoms with E-state index in [2.05, 4.69) is 23.4 Å². The van der Waals surface area contributed by atoms with E-state index in [4.69, 9.17) is 5.73 Å². The molecule has 0 aliphatic rings. The molecule has 1 aromatic carbocycles. The number of nitrogens with zero attached hydrogens (tertiary/aromatic N) is 2. The predicted molar refractivity (Wildman–Crippen MR) is 59.2 cm³/mol. The Balaban J connectivity index is 0.00000112. The Kier molecular flexibility index (Phi) is 5.10. The van der Waals surface area contributed by atoms with Crippen LogP contribution in [-0.4, -0.2) is 9.55 Å². The Bertz CT molecular complexity index is 477. The van der Waals surface area contributed by atoms with Gasteiger partial charge in [-0.15, -0.1) is 0 Å². The Morgan fingerprint density at radius 1 is 1.25 bits per heavy atom. The van der Waals surface area contributed by atoms with Gasteiger partial charge in [-0.1, -0.05) is 13.8 Å². The summed E-state index contributed by atoms with van der Waals surface area (Å²) in [6, 6.07) is 5.85. The molecule has 0 saturated heterocycles. The average molecular weight is 260 g/mol. The summed E-state index contributed by atoms with van der Waals surface area (Å²) in [6.07, 6.45) is 0. The maximum absolute atomic E-state index is 5.71. The summed E-state index contributed by atoms with van der Waals surface area (Å²) in [4.78, 5) is 4.56. The highest BCUT2D eigenvalue weighted by atomic mass is 35.5. The van der Waals surface area contributed by atoms with Crippen LogP contribution in [0.3, 0.4) is 0 Å². The number of hydrogen-bond acceptors (Lipinski definition) is 2. The number of halogens is 2. The fraction of sp³-hybridized carbons (Fsp3) is 0.364. The van der Waals surface area contributed by atoms with E-state index < -0.39 is 0 Å². The fourth-order valence-corrected chi connectivity index (χ4v) is 1.75. The van der Waals surface area contributed by atoms with Crippen molar-refractivity contribution in [2.24, 2.45) is 7.05 Å². The minimum Gasteiger partial charge on any atom is -1.00 e. The average Bonchev–Trinajstić information content (AvgIpc) is 2.43. The highest BCUT2D eigenvalue weighted by Crippen LogP contribution is 2.21. The third-order valence-corrected chi connectivity index (χ3v) is 2.46. The first-order valence-electron chi connectivity index (χ1n) is 4.81. The van der Waals surface area contributed by atoms with Crippen LogP contribution in [0.2, 0.25) is 0 Å². The van der Waals surface area contributed by atoms with E-state index in [-0.39, 0.29) is 24.8 Å². The highest BCUT2D eigenvalue weighted by molar-refractivity contribution is 5.79. The Hall–Kier alpha value is -0.930. The maximum atomic E-state index is 5.71. The van der Waals surface area contributed by atoms with Gasteiger partial charge < -0.3 is 35.1 Å². The molecule has 1 heterocycles. The second-order valence-electron chi connectivity index (χ2n) is 3.93. The first kappa shape index (κ1) is 15.1. The third kappa shape index (κ3) is 2.42. The molecule has 2 N–H and O–H groups in total. The SMILES string of the molecule is CC(C)c1nc2cc(N)ccc2n1C.[Cl-].[Cl-]. The van der Waals surface area contributed by atoms with E-state index in [1.54, 1.807) is 0 Å². The lowest BCUT2D eigenvalue weighted by atomic mass is 10.2. The third-order valence-electron chi connectivity index (χ3n) is 2.46. The van der Waals surface area contributed by atoms with Crippen LogP contribution < -0.4 is 30.5 Å². The van der Waals surface area contributed by atoms with Crippen LogP contribution in [0.1, 0.15) is 25.6 Å². The Morgan fingerprint density at radius 2 is 1.88 bits per heavy atom. The molecule has 1 aromatic heterocycles. The Morgan fingerprint density at radius 3 is 2.44 bits per heavy atom. The van der Waals surface area contributed by atoms with E-state index in [9.17, 15) is 0 Å². The first-order valence-corrected chi connectivity index (χ1v) is 4.81. The predicted octanol–water partition coefficient (Wildman–Crippen LogP) is -3.71. The van der Waals surface area contributed by atoms with Crippen molar-refractivity contribution in [2.45, 2.75) is 19.8 Å². The fourth-order valence-electron chi connectivity index (χ4n) is 1.75. The van der Waals surface area contributed by atoms with Crippen LogP contribution in [0, 0.1) is 0 Å². The zero-order valence-electron chi connectivity index (χ0n) is 9.54. The number of nitrogen functional groups attached to an aromatic ring is 1. The second-order valence-corrected chi connectivity index (χ2v) is 3.93. The molecule has 2 rings (SSSR count). The van der Waals surface area contributed by atoms with Gasteiger partial charge in [-0.3, -0.25) is 0 Å². The lowest BCUT2D eigenvalue weighted by Gasteiger charge is -2.04.